The van der Waals surface area contributed by atoms with Gasteiger partial charge in [-0.3, -0.25) is 4.79 Å². The molecule has 1 aliphatic rings. The fourth-order valence-corrected chi connectivity index (χ4v) is 1.32. The van der Waals surface area contributed by atoms with Gasteiger partial charge >= 0.3 is 0 Å². The third kappa shape index (κ3) is 2.16. The summed E-state index contributed by atoms with van der Waals surface area (Å²) in [7, 11) is 0. The highest BCUT2D eigenvalue weighted by atomic mass is 16.6. The zero-order valence-electron chi connectivity index (χ0n) is 7.62. The second-order valence-corrected chi connectivity index (χ2v) is 3.41. The third-order valence-corrected chi connectivity index (χ3v) is 2.23. The monoisotopic (exact) mass is 176 g/mol. The predicted octanol–water partition coefficient (Wildman–Crippen LogP) is 1.83. The number of ether oxygens (including phenoxy) is 1. The first-order valence-corrected chi connectivity index (χ1v) is 4.47. The highest BCUT2D eigenvalue weighted by Gasteiger charge is 2.22. The Morgan fingerprint density at radius 3 is 2.54 bits per heavy atom. The lowest BCUT2D eigenvalue weighted by molar-refractivity contribution is 0.101. The molecule has 1 aromatic carbocycles. The van der Waals surface area contributed by atoms with Crippen molar-refractivity contribution in [3.63, 3.8) is 0 Å². The van der Waals surface area contributed by atoms with Crippen molar-refractivity contribution in [2.24, 2.45) is 0 Å². The number of benzene rings is 1. The highest BCUT2D eigenvalue weighted by molar-refractivity contribution is 5.93. The van der Waals surface area contributed by atoms with E-state index in [0.717, 1.165) is 18.6 Å². The number of hydrogen-bond donors (Lipinski definition) is 0. The summed E-state index contributed by atoms with van der Waals surface area (Å²) in [6, 6.07) is 7.75. The molecular formula is C11H12O2. The van der Waals surface area contributed by atoms with Crippen molar-refractivity contribution in [1.82, 2.24) is 0 Å². The molecule has 1 heterocycles. The van der Waals surface area contributed by atoms with E-state index in [9.17, 15) is 4.79 Å². The van der Waals surface area contributed by atoms with E-state index in [1.165, 1.54) is 5.56 Å². The van der Waals surface area contributed by atoms with Crippen LogP contribution in [0.1, 0.15) is 22.8 Å². The van der Waals surface area contributed by atoms with Crippen LogP contribution in [0.3, 0.4) is 0 Å². The zero-order chi connectivity index (χ0) is 9.26. The number of rotatable bonds is 3. The van der Waals surface area contributed by atoms with Crippen molar-refractivity contribution in [3.8, 4) is 0 Å². The van der Waals surface area contributed by atoms with Crippen molar-refractivity contribution in [3.05, 3.63) is 35.4 Å². The summed E-state index contributed by atoms with van der Waals surface area (Å²) < 4.78 is 5.12. The zero-order valence-corrected chi connectivity index (χ0v) is 7.62. The molecule has 1 unspecified atom stereocenters. The lowest BCUT2D eigenvalue weighted by Crippen LogP contribution is -1.95. The second-order valence-electron chi connectivity index (χ2n) is 3.41. The minimum Gasteiger partial charge on any atom is -0.373 e. The van der Waals surface area contributed by atoms with Crippen molar-refractivity contribution in [1.29, 1.82) is 0 Å². The molecule has 0 aromatic heterocycles. The summed E-state index contributed by atoms with van der Waals surface area (Å²) in [5, 5.41) is 0. The smallest absolute Gasteiger partial charge is 0.159 e. The number of carbonyl (C=O) groups is 1. The molecule has 13 heavy (non-hydrogen) atoms. The fraction of sp³-hybridized carbons (Fsp3) is 0.364. The van der Waals surface area contributed by atoms with Gasteiger partial charge < -0.3 is 4.74 Å². The lowest BCUT2D eigenvalue weighted by Gasteiger charge is -1.99. The molecule has 0 bridgehead atoms. The van der Waals surface area contributed by atoms with Gasteiger partial charge in [-0.25, -0.2) is 0 Å². The van der Waals surface area contributed by atoms with Crippen LogP contribution in [0.15, 0.2) is 24.3 Å². The molecule has 1 saturated heterocycles. The van der Waals surface area contributed by atoms with Crippen LogP contribution in [0.25, 0.3) is 0 Å². The Bertz CT molecular complexity index is 309. The molecule has 1 fully saturated rings. The van der Waals surface area contributed by atoms with E-state index in [0.29, 0.717) is 6.10 Å². The van der Waals surface area contributed by atoms with Crippen LogP contribution in [-0.4, -0.2) is 18.5 Å². The number of hydrogen-bond acceptors (Lipinski definition) is 2. The third-order valence-electron chi connectivity index (χ3n) is 2.23. The van der Waals surface area contributed by atoms with E-state index >= 15 is 0 Å². The molecular weight excluding hydrogens is 164 g/mol. The maximum Gasteiger partial charge on any atom is 0.159 e. The summed E-state index contributed by atoms with van der Waals surface area (Å²) in [6.45, 7) is 2.47. The van der Waals surface area contributed by atoms with Crippen molar-refractivity contribution >= 4 is 5.78 Å². The number of carbonyl (C=O) groups excluding carboxylic acids is 1. The van der Waals surface area contributed by atoms with E-state index < -0.39 is 0 Å². The van der Waals surface area contributed by atoms with Gasteiger partial charge in [0.05, 0.1) is 12.7 Å². The molecule has 1 aromatic rings. The molecule has 0 radical (unpaired) electrons. The van der Waals surface area contributed by atoms with Crippen LogP contribution >= 0.6 is 0 Å². The van der Waals surface area contributed by atoms with Gasteiger partial charge in [0, 0.05) is 12.0 Å². The van der Waals surface area contributed by atoms with Crippen LogP contribution in [-0.2, 0) is 11.2 Å². The Hall–Kier alpha value is -1.15. The number of Topliss-reactive ketones (excluding diaryl/α,β-unsaturated/α-hetero) is 1. The Morgan fingerprint density at radius 2 is 2.08 bits per heavy atom. The summed E-state index contributed by atoms with van der Waals surface area (Å²) >= 11 is 0. The van der Waals surface area contributed by atoms with Gasteiger partial charge in [0.25, 0.3) is 0 Å². The first-order valence-electron chi connectivity index (χ1n) is 4.47. The standard InChI is InChI=1S/C11H12O2/c1-8(12)10-4-2-9(3-5-10)6-11-7-13-11/h2-5,11H,6-7H2,1H3. The first kappa shape index (κ1) is 8.45. The minimum atomic E-state index is 0.120. The quantitative estimate of drug-likeness (QED) is 0.519. The molecule has 0 amide bonds. The predicted molar refractivity (Wildman–Crippen MR) is 49.9 cm³/mol. The van der Waals surface area contributed by atoms with Gasteiger partial charge in [-0.15, -0.1) is 0 Å². The van der Waals surface area contributed by atoms with Crippen molar-refractivity contribution in [2.45, 2.75) is 19.4 Å². The second kappa shape index (κ2) is 3.30. The molecule has 0 N–H and O–H groups in total. The Kier molecular flexibility index (Phi) is 2.15. The van der Waals surface area contributed by atoms with Gasteiger partial charge in [-0.05, 0) is 12.5 Å². The lowest BCUT2D eigenvalue weighted by atomic mass is 10.1. The SMILES string of the molecule is CC(=O)c1ccc(CC2CO2)cc1. The first-order chi connectivity index (χ1) is 6.25. The summed E-state index contributed by atoms with van der Waals surface area (Å²) in [6.07, 6.45) is 1.39. The van der Waals surface area contributed by atoms with Gasteiger partial charge in [-0.2, -0.15) is 0 Å². The summed E-state index contributed by atoms with van der Waals surface area (Å²) in [5.41, 5.74) is 2.02. The van der Waals surface area contributed by atoms with Crippen molar-refractivity contribution in [2.75, 3.05) is 6.61 Å². The van der Waals surface area contributed by atoms with E-state index in [1.54, 1.807) is 6.92 Å². The van der Waals surface area contributed by atoms with Gasteiger partial charge in [-0.1, -0.05) is 24.3 Å². The molecule has 68 valence electrons. The molecule has 0 spiro atoms. The summed E-state index contributed by atoms with van der Waals surface area (Å²) in [5.74, 6) is 0.120. The Labute approximate surface area is 77.5 Å². The minimum absolute atomic E-state index is 0.120. The molecule has 2 nitrogen and oxygen atoms in total. The molecule has 0 aliphatic carbocycles. The molecule has 1 atom stereocenters. The largest absolute Gasteiger partial charge is 0.373 e. The maximum atomic E-state index is 11.0. The molecule has 0 saturated carbocycles. The van der Waals surface area contributed by atoms with Crippen LogP contribution in [0.5, 0.6) is 0 Å². The number of epoxide rings is 1. The van der Waals surface area contributed by atoms with Crippen LogP contribution < -0.4 is 0 Å². The molecule has 2 heteroatoms. The van der Waals surface area contributed by atoms with Crippen LogP contribution in [0.4, 0.5) is 0 Å². The van der Waals surface area contributed by atoms with Gasteiger partial charge in [0.1, 0.15) is 0 Å². The van der Waals surface area contributed by atoms with Crippen LogP contribution in [0.2, 0.25) is 0 Å². The normalized spacial score (nSPS) is 19.9. The van der Waals surface area contributed by atoms with Gasteiger partial charge in [0.15, 0.2) is 5.78 Å². The van der Waals surface area contributed by atoms with E-state index in [1.807, 2.05) is 24.3 Å². The fourth-order valence-electron chi connectivity index (χ4n) is 1.32. The van der Waals surface area contributed by atoms with E-state index in [-0.39, 0.29) is 5.78 Å². The van der Waals surface area contributed by atoms with Crippen LogP contribution in [0, 0.1) is 0 Å². The summed E-state index contributed by atoms with van der Waals surface area (Å²) in [4.78, 5) is 11.0. The van der Waals surface area contributed by atoms with Crippen molar-refractivity contribution < 1.29 is 9.53 Å². The highest BCUT2D eigenvalue weighted by Crippen LogP contribution is 2.16. The Morgan fingerprint density at radius 1 is 1.46 bits per heavy atom. The maximum absolute atomic E-state index is 11.0. The van der Waals surface area contributed by atoms with E-state index in [4.69, 9.17) is 4.74 Å². The van der Waals surface area contributed by atoms with E-state index in [2.05, 4.69) is 0 Å². The average molecular weight is 176 g/mol. The van der Waals surface area contributed by atoms with Gasteiger partial charge in [0.2, 0.25) is 0 Å². The molecule has 1 aliphatic heterocycles. The topological polar surface area (TPSA) is 29.6 Å². The molecule has 2 rings (SSSR count). The Balaban J connectivity index is 2.08. The average Bonchev–Trinajstić information content (AvgIpc) is 2.89. The number of ketones is 1.